The van der Waals surface area contributed by atoms with Gasteiger partial charge < -0.3 is 29.2 Å². The fraction of sp³-hybridized carbons (Fsp3) is 0.297. The van der Waals surface area contributed by atoms with Gasteiger partial charge in [0, 0.05) is 0 Å². The van der Waals surface area contributed by atoms with Crippen molar-refractivity contribution >= 4 is 11.9 Å². The third kappa shape index (κ3) is 11.5. The minimum atomic E-state index is -1.69. The Balaban J connectivity index is 1.76. The summed E-state index contributed by atoms with van der Waals surface area (Å²) in [5.41, 5.74) is 5.89. The number of halogens is 2. The topological polar surface area (TPSA) is 112 Å². The van der Waals surface area contributed by atoms with Crippen LogP contribution in [-0.4, -0.2) is 61.8 Å². The fourth-order valence-electron chi connectivity index (χ4n) is 4.64. The maximum atomic E-state index is 12.7. The molecule has 0 saturated carbocycles. The second kappa shape index (κ2) is 19.0. The molecule has 0 bridgehead atoms. The predicted molar refractivity (Wildman–Crippen MR) is 175 cm³/mol. The fourth-order valence-corrected chi connectivity index (χ4v) is 4.64. The molecule has 47 heavy (non-hydrogen) atoms. The lowest BCUT2D eigenvalue weighted by atomic mass is 9.90. The first-order valence-corrected chi connectivity index (χ1v) is 15.2. The van der Waals surface area contributed by atoms with Gasteiger partial charge in [-0.1, -0.05) is 56.5 Å². The Hall–Kier alpha value is -4.80. The summed E-state index contributed by atoms with van der Waals surface area (Å²) in [7, 11) is 0. The quantitative estimate of drug-likeness (QED) is 0.0846. The van der Waals surface area contributed by atoms with Gasteiger partial charge in [0.1, 0.15) is 37.9 Å². The van der Waals surface area contributed by atoms with Crippen LogP contribution in [0.4, 0.5) is 8.78 Å². The molecule has 0 aliphatic rings. The number of benzene rings is 3. The van der Waals surface area contributed by atoms with Crippen LogP contribution < -0.4 is 9.47 Å². The molecule has 0 aromatic heterocycles. The zero-order valence-corrected chi connectivity index (χ0v) is 26.4. The number of allylic oxidation sites excluding steroid dienone is 1. The summed E-state index contributed by atoms with van der Waals surface area (Å²) < 4.78 is 46.8. The van der Waals surface area contributed by atoms with E-state index in [0.717, 1.165) is 45.9 Å². The molecular formula is C37H40F2O8. The lowest BCUT2D eigenvalue weighted by molar-refractivity contribution is -0.141. The maximum Gasteiger partial charge on any atom is 0.335 e. The Labute approximate surface area is 273 Å². The first kappa shape index (κ1) is 36.7. The summed E-state index contributed by atoms with van der Waals surface area (Å²) in [5, 5.41) is 17.9. The van der Waals surface area contributed by atoms with Gasteiger partial charge in [-0.2, -0.15) is 8.78 Å². The van der Waals surface area contributed by atoms with E-state index in [-0.39, 0.29) is 44.0 Å². The third-order valence-electron chi connectivity index (χ3n) is 7.12. The van der Waals surface area contributed by atoms with Gasteiger partial charge in [0.05, 0.1) is 24.4 Å². The normalized spacial score (nSPS) is 10.6. The van der Waals surface area contributed by atoms with Crippen LogP contribution >= 0.6 is 0 Å². The van der Waals surface area contributed by atoms with Crippen molar-refractivity contribution in [3.05, 3.63) is 108 Å². The SMILES string of the molecule is C=C(CO)C(=O)OCCOc1ccc(-c2ccc(-c3ccc(OCCOC(=O)C(=C)CO)cc3CC)cc2CCCC=C(F)F)cc1. The van der Waals surface area contributed by atoms with Crippen molar-refractivity contribution in [2.24, 2.45) is 0 Å². The molecule has 0 aliphatic carbocycles. The summed E-state index contributed by atoms with van der Waals surface area (Å²) in [6.07, 6.45) is 1.35. The Bertz CT molecular complexity index is 1560. The minimum Gasteiger partial charge on any atom is -0.490 e. The van der Waals surface area contributed by atoms with Crippen LogP contribution in [0.1, 0.15) is 30.9 Å². The van der Waals surface area contributed by atoms with E-state index in [4.69, 9.17) is 29.2 Å². The standard InChI is InChI=1S/C37H40F2O8/c1-4-27-22-32(45-18-20-47-37(43)26(3)24-41)14-16-33(27)30-11-15-34(29(21-30)7-5-6-8-35(38)39)28-9-12-31(13-10-28)44-17-19-46-36(42)25(2)23-40/h8-16,21-22,40-41H,2-7,17-20,23-24H2,1H3. The smallest absolute Gasteiger partial charge is 0.335 e. The molecule has 0 amide bonds. The Morgan fingerprint density at radius 1 is 0.723 bits per heavy atom. The number of carbonyl (C=O) groups is 2. The lowest BCUT2D eigenvalue weighted by Gasteiger charge is -2.16. The predicted octanol–water partition coefficient (Wildman–Crippen LogP) is 6.63. The molecule has 0 saturated heterocycles. The first-order valence-electron chi connectivity index (χ1n) is 15.2. The molecule has 10 heteroatoms. The van der Waals surface area contributed by atoms with E-state index in [2.05, 4.69) is 19.2 Å². The van der Waals surface area contributed by atoms with E-state index in [0.29, 0.717) is 24.3 Å². The number of hydrogen-bond acceptors (Lipinski definition) is 8. The summed E-state index contributed by atoms with van der Waals surface area (Å²) in [5.74, 6) is -0.145. The Morgan fingerprint density at radius 2 is 1.26 bits per heavy atom. The highest BCUT2D eigenvalue weighted by Gasteiger charge is 2.13. The summed E-state index contributed by atoms with van der Waals surface area (Å²) in [4.78, 5) is 23.2. The molecule has 0 unspecified atom stereocenters. The van der Waals surface area contributed by atoms with Gasteiger partial charge in [0.25, 0.3) is 6.08 Å². The highest BCUT2D eigenvalue weighted by atomic mass is 19.3. The molecule has 0 fully saturated rings. The molecule has 2 N–H and O–H groups in total. The lowest BCUT2D eigenvalue weighted by Crippen LogP contribution is -2.15. The average Bonchev–Trinajstić information content (AvgIpc) is 3.09. The number of aliphatic hydroxyl groups excluding tert-OH is 2. The van der Waals surface area contributed by atoms with E-state index < -0.39 is 31.2 Å². The minimum absolute atomic E-state index is 0.00331. The number of ether oxygens (including phenoxy) is 4. The third-order valence-corrected chi connectivity index (χ3v) is 7.12. The Morgan fingerprint density at radius 3 is 1.83 bits per heavy atom. The van der Waals surface area contributed by atoms with E-state index in [1.54, 1.807) is 12.1 Å². The number of esters is 2. The number of aryl methyl sites for hydroxylation is 2. The second-order valence-electron chi connectivity index (χ2n) is 10.4. The van der Waals surface area contributed by atoms with Crippen molar-refractivity contribution < 1.29 is 47.5 Å². The van der Waals surface area contributed by atoms with Gasteiger partial charge in [-0.05, 0) is 89.4 Å². The molecule has 8 nitrogen and oxygen atoms in total. The van der Waals surface area contributed by atoms with Crippen LogP contribution in [-0.2, 0) is 31.9 Å². The van der Waals surface area contributed by atoms with Gasteiger partial charge in [-0.15, -0.1) is 0 Å². The van der Waals surface area contributed by atoms with Crippen LogP contribution in [0, 0.1) is 0 Å². The molecule has 0 heterocycles. The van der Waals surface area contributed by atoms with Crippen molar-refractivity contribution in [1.29, 1.82) is 0 Å². The number of unbranched alkanes of at least 4 members (excludes halogenated alkanes) is 1. The summed E-state index contributed by atoms with van der Waals surface area (Å²) in [6.45, 7) is 8.23. The van der Waals surface area contributed by atoms with Gasteiger partial charge in [-0.25, -0.2) is 9.59 Å². The van der Waals surface area contributed by atoms with E-state index in [1.807, 2.05) is 49.4 Å². The molecule has 0 aliphatic heterocycles. The van der Waals surface area contributed by atoms with Crippen LogP contribution in [0.15, 0.2) is 97.1 Å². The van der Waals surface area contributed by atoms with E-state index in [9.17, 15) is 18.4 Å². The number of hydrogen-bond donors (Lipinski definition) is 2. The van der Waals surface area contributed by atoms with Gasteiger partial charge in [0.2, 0.25) is 0 Å². The molecule has 0 spiro atoms. The van der Waals surface area contributed by atoms with Gasteiger partial charge in [0.15, 0.2) is 0 Å². The molecule has 250 valence electrons. The van der Waals surface area contributed by atoms with Crippen molar-refractivity contribution in [1.82, 2.24) is 0 Å². The van der Waals surface area contributed by atoms with Gasteiger partial charge in [-0.3, -0.25) is 0 Å². The molecule has 3 aromatic rings. The second-order valence-corrected chi connectivity index (χ2v) is 10.4. The van der Waals surface area contributed by atoms with Crippen LogP contribution in [0.25, 0.3) is 22.3 Å². The number of rotatable bonds is 19. The average molecular weight is 651 g/mol. The van der Waals surface area contributed by atoms with Crippen LogP contribution in [0.2, 0.25) is 0 Å². The summed E-state index contributed by atoms with van der Waals surface area (Å²) in [6, 6.07) is 19.3. The van der Waals surface area contributed by atoms with E-state index >= 15 is 0 Å². The monoisotopic (exact) mass is 650 g/mol. The number of carbonyl (C=O) groups excluding carboxylic acids is 2. The maximum absolute atomic E-state index is 12.7. The van der Waals surface area contributed by atoms with Gasteiger partial charge >= 0.3 is 11.9 Å². The molecule has 3 rings (SSSR count). The van der Waals surface area contributed by atoms with Crippen molar-refractivity contribution in [2.75, 3.05) is 39.6 Å². The van der Waals surface area contributed by atoms with Crippen LogP contribution in [0.5, 0.6) is 11.5 Å². The number of aliphatic hydroxyl groups is 2. The van der Waals surface area contributed by atoms with E-state index in [1.165, 1.54) is 0 Å². The Kier molecular flexibility index (Phi) is 14.8. The molecule has 3 aromatic carbocycles. The van der Waals surface area contributed by atoms with Crippen LogP contribution in [0.3, 0.4) is 0 Å². The highest BCUT2D eigenvalue weighted by molar-refractivity contribution is 5.88. The van der Waals surface area contributed by atoms with Crippen molar-refractivity contribution in [3.8, 4) is 33.8 Å². The molecular weight excluding hydrogens is 610 g/mol. The highest BCUT2D eigenvalue weighted by Crippen LogP contribution is 2.34. The molecule has 0 atom stereocenters. The van der Waals surface area contributed by atoms with Crippen molar-refractivity contribution in [2.45, 2.75) is 32.6 Å². The largest absolute Gasteiger partial charge is 0.490 e. The zero-order valence-electron chi connectivity index (χ0n) is 26.4. The molecule has 0 radical (unpaired) electrons. The first-order chi connectivity index (χ1) is 22.7. The zero-order chi connectivity index (χ0) is 34.2. The van der Waals surface area contributed by atoms with Crippen molar-refractivity contribution in [3.63, 3.8) is 0 Å². The summed E-state index contributed by atoms with van der Waals surface area (Å²) >= 11 is 0.